The number of hydrogen-bond donors (Lipinski definition) is 1. The van der Waals surface area contributed by atoms with Crippen molar-refractivity contribution >= 4 is 0 Å². The van der Waals surface area contributed by atoms with Crippen molar-refractivity contribution in [1.29, 1.82) is 0 Å². The van der Waals surface area contributed by atoms with Crippen LogP contribution in [0.2, 0.25) is 0 Å². The molecule has 0 aliphatic heterocycles. The molecule has 4 saturated carbocycles. The van der Waals surface area contributed by atoms with Gasteiger partial charge in [-0.2, -0.15) is 13.2 Å². The van der Waals surface area contributed by atoms with Gasteiger partial charge in [0.05, 0.1) is 6.54 Å². The Balaban J connectivity index is 1.64. The highest BCUT2D eigenvalue weighted by molar-refractivity contribution is 5.01. The van der Waals surface area contributed by atoms with E-state index < -0.39 is 12.7 Å². The first kappa shape index (κ1) is 10.9. The third-order valence-electron chi connectivity index (χ3n) is 4.76. The van der Waals surface area contributed by atoms with Crippen LogP contribution in [0.15, 0.2) is 0 Å². The van der Waals surface area contributed by atoms with Crippen LogP contribution in [0.25, 0.3) is 0 Å². The standard InChI is InChI=1S/C12H18F3N/c13-12(14,15)6-16-11-9-2-7-1-8(4-9)5-10(11)3-7/h7-11,16H,1-6H2. The lowest BCUT2D eigenvalue weighted by Crippen LogP contribution is -2.55. The molecular formula is C12H18F3N. The maximum atomic E-state index is 12.2. The van der Waals surface area contributed by atoms with Crippen molar-refractivity contribution in [2.45, 2.75) is 44.3 Å². The second kappa shape index (κ2) is 3.62. The molecule has 16 heavy (non-hydrogen) atoms. The van der Waals surface area contributed by atoms with Crippen LogP contribution in [-0.2, 0) is 0 Å². The van der Waals surface area contributed by atoms with Gasteiger partial charge < -0.3 is 5.32 Å². The predicted molar refractivity (Wildman–Crippen MR) is 54.9 cm³/mol. The van der Waals surface area contributed by atoms with Gasteiger partial charge in [0.2, 0.25) is 0 Å². The van der Waals surface area contributed by atoms with Gasteiger partial charge in [0.15, 0.2) is 0 Å². The van der Waals surface area contributed by atoms with E-state index in [1.807, 2.05) is 0 Å². The van der Waals surface area contributed by atoms with Gasteiger partial charge in [0.25, 0.3) is 0 Å². The van der Waals surface area contributed by atoms with Crippen molar-refractivity contribution in [2.75, 3.05) is 6.54 Å². The van der Waals surface area contributed by atoms with Crippen LogP contribution in [0, 0.1) is 23.7 Å². The maximum Gasteiger partial charge on any atom is 0.401 e. The van der Waals surface area contributed by atoms with E-state index in [1.54, 1.807) is 0 Å². The SMILES string of the molecule is FC(F)(F)CNC1C2CC3CC(C2)CC1C3. The van der Waals surface area contributed by atoms with Crippen LogP contribution in [0.1, 0.15) is 32.1 Å². The Hall–Kier alpha value is -0.250. The Morgan fingerprint density at radius 2 is 1.38 bits per heavy atom. The topological polar surface area (TPSA) is 12.0 Å². The fourth-order valence-corrected chi connectivity index (χ4v) is 4.49. The largest absolute Gasteiger partial charge is 0.401 e. The summed E-state index contributed by atoms with van der Waals surface area (Å²) in [6, 6.07) is 0.148. The molecule has 1 N–H and O–H groups in total. The predicted octanol–water partition coefficient (Wildman–Crippen LogP) is 2.96. The highest BCUT2D eigenvalue weighted by atomic mass is 19.4. The minimum Gasteiger partial charge on any atom is -0.305 e. The van der Waals surface area contributed by atoms with Crippen molar-refractivity contribution in [1.82, 2.24) is 5.32 Å². The molecule has 0 aromatic carbocycles. The van der Waals surface area contributed by atoms with Gasteiger partial charge in [-0.3, -0.25) is 0 Å². The maximum absolute atomic E-state index is 12.2. The van der Waals surface area contributed by atoms with Crippen LogP contribution in [0.3, 0.4) is 0 Å². The molecule has 1 nitrogen and oxygen atoms in total. The summed E-state index contributed by atoms with van der Waals surface area (Å²) in [4.78, 5) is 0. The van der Waals surface area contributed by atoms with E-state index in [9.17, 15) is 13.2 Å². The molecule has 0 aromatic rings. The molecule has 4 heteroatoms. The van der Waals surface area contributed by atoms with Gasteiger partial charge in [0.1, 0.15) is 0 Å². The molecule has 0 aromatic heterocycles. The number of hydrogen-bond acceptors (Lipinski definition) is 1. The molecule has 92 valence electrons. The number of rotatable bonds is 2. The minimum atomic E-state index is -4.06. The van der Waals surface area contributed by atoms with E-state index >= 15 is 0 Å². The molecule has 4 bridgehead atoms. The summed E-state index contributed by atoms with van der Waals surface area (Å²) in [5, 5.41) is 2.78. The van der Waals surface area contributed by atoms with E-state index in [0.29, 0.717) is 11.8 Å². The molecule has 4 aliphatic carbocycles. The van der Waals surface area contributed by atoms with Gasteiger partial charge >= 0.3 is 6.18 Å². The lowest BCUT2D eigenvalue weighted by atomic mass is 9.54. The van der Waals surface area contributed by atoms with Gasteiger partial charge in [-0.25, -0.2) is 0 Å². The first-order valence-electron chi connectivity index (χ1n) is 6.31. The van der Waals surface area contributed by atoms with Gasteiger partial charge in [-0.1, -0.05) is 0 Å². The Labute approximate surface area is 93.8 Å². The van der Waals surface area contributed by atoms with Crippen LogP contribution >= 0.6 is 0 Å². The van der Waals surface area contributed by atoms with Crippen LogP contribution in [0.5, 0.6) is 0 Å². The third-order valence-corrected chi connectivity index (χ3v) is 4.76. The smallest absolute Gasteiger partial charge is 0.305 e. The Morgan fingerprint density at radius 3 is 1.81 bits per heavy atom. The molecule has 4 fully saturated rings. The van der Waals surface area contributed by atoms with E-state index in [2.05, 4.69) is 5.32 Å². The molecule has 0 atom stereocenters. The number of halogens is 3. The molecule has 0 radical (unpaired) electrons. The molecule has 4 aliphatic rings. The van der Waals surface area contributed by atoms with Crippen molar-refractivity contribution in [3.63, 3.8) is 0 Å². The summed E-state index contributed by atoms with van der Waals surface area (Å²) >= 11 is 0. The third kappa shape index (κ3) is 1.96. The Kier molecular flexibility index (Phi) is 2.46. The average molecular weight is 233 g/mol. The van der Waals surface area contributed by atoms with Gasteiger partial charge in [0, 0.05) is 6.04 Å². The fraction of sp³-hybridized carbons (Fsp3) is 1.00. The quantitative estimate of drug-likeness (QED) is 0.773. The van der Waals surface area contributed by atoms with Crippen molar-refractivity contribution in [2.24, 2.45) is 23.7 Å². The highest BCUT2D eigenvalue weighted by Gasteiger charge is 2.48. The molecular weight excluding hydrogens is 215 g/mol. The van der Waals surface area contributed by atoms with E-state index in [-0.39, 0.29) is 6.04 Å². The molecule has 0 heterocycles. The second-order valence-electron chi connectivity index (χ2n) is 5.95. The normalized spacial score (nSPS) is 46.3. The van der Waals surface area contributed by atoms with E-state index in [4.69, 9.17) is 0 Å². The molecule has 0 amide bonds. The summed E-state index contributed by atoms with van der Waals surface area (Å²) in [5.41, 5.74) is 0. The van der Waals surface area contributed by atoms with Gasteiger partial charge in [-0.15, -0.1) is 0 Å². The van der Waals surface area contributed by atoms with Crippen LogP contribution in [-0.4, -0.2) is 18.8 Å². The Bertz CT molecular complexity index is 246. The highest BCUT2D eigenvalue weighted by Crippen LogP contribution is 2.53. The number of nitrogens with one attached hydrogen (secondary N) is 1. The summed E-state index contributed by atoms with van der Waals surface area (Å²) in [7, 11) is 0. The lowest BCUT2D eigenvalue weighted by molar-refractivity contribution is -0.132. The zero-order chi connectivity index (χ0) is 11.3. The summed E-state index contributed by atoms with van der Waals surface area (Å²) in [5.74, 6) is 2.70. The lowest BCUT2D eigenvalue weighted by Gasteiger charge is -2.54. The molecule has 0 saturated heterocycles. The van der Waals surface area contributed by atoms with Crippen molar-refractivity contribution in [3.8, 4) is 0 Å². The Morgan fingerprint density at radius 1 is 0.875 bits per heavy atom. The molecule has 0 unspecified atom stereocenters. The fourth-order valence-electron chi connectivity index (χ4n) is 4.49. The average Bonchev–Trinajstić information content (AvgIpc) is 2.13. The van der Waals surface area contributed by atoms with E-state index in [0.717, 1.165) is 11.8 Å². The number of alkyl halides is 3. The zero-order valence-corrected chi connectivity index (χ0v) is 9.26. The summed E-state index contributed by atoms with van der Waals surface area (Å²) in [6.07, 6.45) is 1.96. The first-order valence-corrected chi connectivity index (χ1v) is 6.31. The zero-order valence-electron chi connectivity index (χ0n) is 9.26. The second-order valence-corrected chi connectivity index (χ2v) is 5.95. The minimum absolute atomic E-state index is 0.148. The molecule has 4 rings (SSSR count). The monoisotopic (exact) mass is 233 g/mol. The van der Waals surface area contributed by atoms with E-state index in [1.165, 1.54) is 32.1 Å². The molecule has 0 spiro atoms. The van der Waals surface area contributed by atoms with Crippen molar-refractivity contribution in [3.05, 3.63) is 0 Å². The summed E-state index contributed by atoms with van der Waals surface area (Å²) < 4.78 is 36.6. The van der Waals surface area contributed by atoms with Crippen LogP contribution in [0.4, 0.5) is 13.2 Å². The summed E-state index contributed by atoms with van der Waals surface area (Å²) in [6.45, 7) is -0.806. The van der Waals surface area contributed by atoms with Gasteiger partial charge in [-0.05, 0) is 55.8 Å². The first-order chi connectivity index (χ1) is 7.51. The van der Waals surface area contributed by atoms with Crippen LogP contribution < -0.4 is 5.32 Å². The van der Waals surface area contributed by atoms with Crippen molar-refractivity contribution < 1.29 is 13.2 Å².